The maximum absolute atomic E-state index is 12.3. The molecule has 0 unspecified atom stereocenters. The monoisotopic (exact) mass is 338 g/mol. The van der Waals surface area contributed by atoms with Crippen molar-refractivity contribution in [2.24, 2.45) is 0 Å². The standard InChI is InChI=1S/C18H18N4O3/c1-13(12-22-10-3-9-19-22)20-17(23)14-5-7-15(8-6-14)21-18(24)16-4-2-11-25-16/h2-11,13H,12H2,1H3,(H,20,23)(H,21,24)/t13-/m0/s1. The maximum atomic E-state index is 12.3. The van der Waals surface area contributed by atoms with Gasteiger partial charge in [-0.1, -0.05) is 0 Å². The first-order valence-electron chi connectivity index (χ1n) is 7.85. The predicted molar refractivity (Wildman–Crippen MR) is 92.3 cm³/mol. The normalized spacial score (nSPS) is 11.7. The van der Waals surface area contributed by atoms with Crippen LogP contribution in [0.1, 0.15) is 27.8 Å². The van der Waals surface area contributed by atoms with Crippen molar-refractivity contribution in [2.75, 3.05) is 5.32 Å². The van der Waals surface area contributed by atoms with Crippen LogP contribution < -0.4 is 10.6 Å². The van der Waals surface area contributed by atoms with Gasteiger partial charge in [-0.25, -0.2) is 0 Å². The highest BCUT2D eigenvalue weighted by molar-refractivity contribution is 6.02. The van der Waals surface area contributed by atoms with Gasteiger partial charge in [0.2, 0.25) is 0 Å². The second-order valence-electron chi connectivity index (χ2n) is 5.61. The first-order valence-corrected chi connectivity index (χ1v) is 7.85. The highest BCUT2D eigenvalue weighted by atomic mass is 16.3. The van der Waals surface area contributed by atoms with Gasteiger partial charge in [-0.3, -0.25) is 14.3 Å². The molecule has 1 atom stereocenters. The molecule has 0 fully saturated rings. The molecule has 3 aromatic rings. The lowest BCUT2D eigenvalue weighted by Gasteiger charge is -2.14. The zero-order valence-electron chi connectivity index (χ0n) is 13.7. The molecule has 0 saturated heterocycles. The molecule has 7 heteroatoms. The fraction of sp³-hybridized carbons (Fsp3) is 0.167. The molecule has 0 spiro atoms. The van der Waals surface area contributed by atoms with Crippen molar-refractivity contribution in [2.45, 2.75) is 19.5 Å². The summed E-state index contributed by atoms with van der Waals surface area (Å²) in [4.78, 5) is 24.2. The average Bonchev–Trinajstić information content (AvgIpc) is 3.29. The van der Waals surface area contributed by atoms with Gasteiger partial charge < -0.3 is 15.1 Å². The zero-order chi connectivity index (χ0) is 17.6. The molecule has 0 radical (unpaired) electrons. The summed E-state index contributed by atoms with van der Waals surface area (Å²) in [6, 6.07) is 11.7. The Hall–Kier alpha value is -3.35. The van der Waals surface area contributed by atoms with Crippen molar-refractivity contribution in [1.82, 2.24) is 15.1 Å². The minimum Gasteiger partial charge on any atom is -0.459 e. The lowest BCUT2D eigenvalue weighted by atomic mass is 10.1. The Morgan fingerprint density at radius 1 is 1.16 bits per heavy atom. The molecular weight excluding hydrogens is 320 g/mol. The highest BCUT2D eigenvalue weighted by Crippen LogP contribution is 2.12. The SMILES string of the molecule is C[C@@H](Cn1cccn1)NC(=O)c1ccc(NC(=O)c2ccco2)cc1. The molecule has 2 heterocycles. The van der Waals surface area contributed by atoms with E-state index in [0.717, 1.165) is 0 Å². The van der Waals surface area contributed by atoms with Crippen LogP contribution in [0.2, 0.25) is 0 Å². The number of nitrogens with one attached hydrogen (secondary N) is 2. The van der Waals surface area contributed by atoms with Gasteiger partial charge in [0, 0.05) is 29.7 Å². The van der Waals surface area contributed by atoms with Gasteiger partial charge in [0.1, 0.15) is 0 Å². The molecule has 2 N–H and O–H groups in total. The second-order valence-corrected chi connectivity index (χ2v) is 5.61. The first-order chi connectivity index (χ1) is 12.1. The highest BCUT2D eigenvalue weighted by Gasteiger charge is 2.12. The Balaban J connectivity index is 1.56. The summed E-state index contributed by atoms with van der Waals surface area (Å²) in [7, 11) is 0. The number of anilines is 1. The molecule has 2 aromatic heterocycles. The van der Waals surface area contributed by atoms with Crippen LogP contribution in [0.5, 0.6) is 0 Å². The molecule has 1 aromatic carbocycles. The Morgan fingerprint density at radius 3 is 2.60 bits per heavy atom. The number of nitrogens with zero attached hydrogens (tertiary/aromatic N) is 2. The van der Waals surface area contributed by atoms with Gasteiger partial charge in [-0.15, -0.1) is 0 Å². The number of hydrogen-bond donors (Lipinski definition) is 2. The van der Waals surface area contributed by atoms with E-state index in [0.29, 0.717) is 17.8 Å². The van der Waals surface area contributed by atoms with Crippen LogP contribution in [0, 0.1) is 0 Å². The molecular formula is C18H18N4O3. The average molecular weight is 338 g/mol. The van der Waals surface area contributed by atoms with E-state index in [-0.39, 0.29) is 23.6 Å². The predicted octanol–water partition coefficient (Wildman–Crippen LogP) is 2.55. The third-order valence-corrected chi connectivity index (χ3v) is 3.55. The first kappa shape index (κ1) is 16.5. The Labute approximate surface area is 144 Å². The summed E-state index contributed by atoms with van der Waals surface area (Å²) in [5, 5.41) is 9.73. The van der Waals surface area contributed by atoms with E-state index in [2.05, 4.69) is 15.7 Å². The molecule has 2 amide bonds. The van der Waals surface area contributed by atoms with Gasteiger partial charge >= 0.3 is 0 Å². The molecule has 0 saturated carbocycles. The van der Waals surface area contributed by atoms with Gasteiger partial charge in [-0.2, -0.15) is 5.10 Å². The summed E-state index contributed by atoms with van der Waals surface area (Å²) in [5.74, 6) is -0.284. The van der Waals surface area contributed by atoms with Crippen molar-refractivity contribution < 1.29 is 14.0 Å². The Kier molecular flexibility index (Phi) is 4.94. The lowest BCUT2D eigenvalue weighted by molar-refractivity contribution is 0.0935. The fourth-order valence-corrected chi connectivity index (χ4v) is 2.35. The Morgan fingerprint density at radius 2 is 1.96 bits per heavy atom. The molecule has 0 aliphatic rings. The summed E-state index contributed by atoms with van der Waals surface area (Å²) in [6.45, 7) is 2.51. The summed E-state index contributed by atoms with van der Waals surface area (Å²) in [5.41, 5.74) is 1.10. The van der Waals surface area contributed by atoms with E-state index in [9.17, 15) is 9.59 Å². The molecule has 0 aliphatic heterocycles. The maximum Gasteiger partial charge on any atom is 0.291 e. The number of carbonyl (C=O) groups excluding carboxylic acids is 2. The van der Waals surface area contributed by atoms with E-state index < -0.39 is 0 Å². The van der Waals surface area contributed by atoms with Crippen molar-refractivity contribution in [3.05, 3.63) is 72.4 Å². The third-order valence-electron chi connectivity index (χ3n) is 3.55. The van der Waals surface area contributed by atoms with E-state index in [1.165, 1.54) is 6.26 Å². The molecule has 7 nitrogen and oxygen atoms in total. The molecule has 128 valence electrons. The molecule has 0 bridgehead atoms. The topological polar surface area (TPSA) is 89.2 Å². The van der Waals surface area contributed by atoms with Gasteiger partial charge in [0.05, 0.1) is 12.8 Å². The van der Waals surface area contributed by atoms with Crippen LogP contribution in [0.15, 0.2) is 65.5 Å². The lowest BCUT2D eigenvalue weighted by Crippen LogP contribution is -2.35. The molecule has 25 heavy (non-hydrogen) atoms. The largest absolute Gasteiger partial charge is 0.459 e. The van der Waals surface area contributed by atoms with E-state index in [4.69, 9.17) is 4.42 Å². The minimum absolute atomic E-state index is 0.0641. The van der Waals surface area contributed by atoms with Crippen LogP contribution in [0.3, 0.4) is 0 Å². The van der Waals surface area contributed by atoms with Crippen molar-refractivity contribution in [3.8, 4) is 0 Å². The summed E-state index contributed by atoms with van der Waals surface area (Å²) in [6.07, 6.45) is 4.98. The number of furan rings is 1. The van der Waals surface area contributed by atoms with Crippen LogP contribution >= 0.6 is 0 Å². The quantitative estimate of drug-likeness (QED) is 0.723. The number of benzene rings is 1. The van der Waals surface area contributed by atoms with Gasteiger partial charge in [0.15, 0.2) is 5.76 Å². The van der Waals surface area contributed by atoms with E-state index in [1.54, 1.807) is 47.3 Å². The van der Waals surface area contributed by atoms with Crippen LogP contribution in [-0.4, -0.2) is 27.6 Å². The van der Waals surface area contributed by atoms with Crippen molar-refractivity contribution in [3.63, 3.8) is 0 Å². The van der Waals surface area contributed by atoms with E-state index in [1.807, 2.05) is 19.2 Å². The third kappa shape index (κ3) is 4.35. The van der Waals surface area contributed by atoms with Crippen molar-refractivity contribution in [1.29, 1.82) is 0 Å². The smallest absolute Gasteiger partial charge is 0.291 e. The van der Waals surface area contributed by atoms with Crippen LogP contribution in [0.25, 0.3) is 0 Å². The van der Waals surface area contributed by atoms with E-state index >= 15 is 0 Å². The van der Waals surface area contributed by atoms with Crippen LogP contribution in [0.4, 0.5) is 5.69 Å². The number of hydrogen-bond acceptors (Lipinski definition) is 4. The number of amides is 2. The minimum atomic E-state index is -0.338. The fourth-order valence-electron chi connectivity index (χ4n) is 2.35. The number of rotatable bonds is 6. The summed E-state index contributed by atoms with van der Waals surface area (Å²) < 4.78 is 6.80. The molecule has 0 aliphatic carbocycles. The molecule has 3 rings (SSSR count). The Bertz CT molecular complexity index is 824. The zero-order valence-corrected chi connectivity index (χ0v) is 13.7. The van der Waals surface area contributed by atoms with Crippen molar-refractivity contribution >= 4 is 17.5 Å². The number of carbonyl (C=O) groups is 2. The number of aromatic nitrogens is 2. The van der Waals surface area contributed by atoms with Gasteiger partial charge in [-0.05, 0) is 49.4 Å². The van der Waals surface area contributed by atoms with Gasteiger partial charge in [0.25, 0.3) is 11.8 Å². The summed E-state index contributed by atoms with van der Waals surface area (Å²) >= 11 is 0. The van der Waals surface area contributed by atoms with Crippen LogP contribution in [-0.2, 0) is 6.54 Å². The second kappa shape index (κ2) is 7.48.